The van der Waals surface area contributed by atoms with Gasteiger partial charge in [-0.2, -0.15) is 0 Å². The maximum absolute atomic E-state index is 12.5. The fourth-order valence-electron chi connectivity index (χ4n) is 3.26. The molecule has 27 heavy (non-hydrogen) atoms. The zero-order valence-corrected chi connectivity index (χ0v) is 17.3. The number of hydrogen-bond acceptors (Lipinski definition) is 6. The molecule has 1 amide bonds. The minimum absolute atomic E-state index is 0. The number of morpholine rings is 1. The molecule has 1 aromatic carbocycles. The Bertz CT molecular complexity index is 752. The zero-order valence-electron chi connectivity index (χ0n) is 14.8. The summed E-state index contributed by atoms with van der Waals surface area (Å²) in [5, 5.41) is 8.97. The lowest BCUT2D eigenvalue weighted by molar-refractivity contribution is -0.118. The van der Waals surface area contributed by atoms with Crippen LogP contribution in [0.15, 0.2) is 29.6 Å². The second kappa shape index (κ2) is 10.4. The first kappa shape index (κ1) is 22.1. The third-order valence-electron chi connectivity index (χ3n) is 4.67. The molecule has 2 N–H and O–H groups in total. The van der Waals surface area contributed by atoms with Crippen molar-refractivity contribution in [3.05, 3.63) is 46.5 Å². The van der Waals surface area contributed by atoms with Crippen LogP contribution in [0.4, 0.5) is 5.13 Å². The predicted molar refractivity (Wildman–Crippen MR) is 112 cm³/mol. The highest BCUT2D eigenvalue weighted by Crippen LogP contribution is 2.20. The molecule has 148 valence electrons. The van der Waals surface area contributed by atoms with Crippen LogP contribution >= 0.6 is 36.2 Å². The van der Waals surface area contributed by atoms with E-state index in [4.69, 9.17) is 4.74 Å². The Hall–Kier alpha value is -1.22. The largest absolute Gasteiger partial charge is 0.379 e. The molecule has 6 nitrogen and oxygen atoms in total. The van der Waals surface area contributed by atoms with Gasteiger partial charge in [-0.1, -0.05) is 24.3 Å². The molecule has 3 heterocycles. The quantitative estimate of drug-likeness (QED) is 0.779. The fraction of sp³-hybridized carbons (Fsp3) is 0.444. The van der Waals surface area contributed by atoms with Crippen LogP contribution < -0.4 is 10.6 Å². The molecule has 1 unspecified atom stereocenters. The SMILES string of the molecule is Cl.Cl.O=C(Nc1nc(CN2CCOCC2)cs1)C1Cc2ccccc2CN1. The minimum Gasteiger partial charge on any atom is -0.379 e. The van der Waals surface area contributed by atoms with Crippen LogP contribution in [0, 0.1) is 0 Å². The second-order valence-corrected chi connectivity index (χ2v) is 7.29. The Morgan fingerprint density at radius 2 is 2.00 bits per heavy atom. The third-order valence-corrected chi connectivity index (χ3v) is 5.48. The van der Waals surface area contributed by atoms with Crippen molar-refractivity contribution in [3.63, 3.8) is 0 Å². The van der Waals surface area contributed by atoms with E-state index in [1.54, 1.807) is 0 Å². The third kappa shape index (κ3) is 5.63. The summed E-state index contributed by atoms with van der Waals surface area (Å²) in [6, 6.07) is 8.06. The van der Waals surface area contributed by atoms with Crippen LogP contribution in [-0.4, -0.2) is 48.1 Å². The maximum atomic E-state index is 12.5. The predicted octanol–water partition coefficient (Wildman–Crippen LogP) is 2.47. The Morgan fingerprint density at radius 3 is 2.78 bits per heavy atom. The van der Waals surface area contributed by atoms with Gasteiger partial charge < -0.3 is 15.4 Å². The number of nitrogens with zero attached hydrogens (tertiary/aromatic N) is 2. The molecule has 9 heteroatoms. The molecule has 4 rings (SSSR count). The molecule has 1 aromatic heterocycles. The number of rotatable bonds is 4. The van der Waals surface area contributed by atoms with E-state index in [1.807, 2.05) is 17.5 Å². The summed E-state index contributed by atoms with van der Waals surface area (Å²) in [5.74, 6) is -0.0122. The molecule has 2 aliphatic rings. The van der Waals surface area contributed by atoms with Crippen molar-refractivity contribution in [2.24, 2.45) is 0 Å². The lowest BCUT2D eigenvalue weighted by Crippen LogP contribution is -2.44. The van der Waals surface area contributed by atoms with Crippen molar-refractivity contribution < 1.29 is 9.53 Å². The fourth-order valence-corrected chi connectivity index (χ4v) is 3.96. The number of thiazole rings is 1. The number of hydrogen-bond donors (Lipinski definition) is 2. The number of benzene rings is 1. The minimum atomic E-state index is -0.207. The number of ether oxygens (including phenoxy) is 1. The van der Waals surface area contributed by atoms with Crippen LogP contribution in [0.3, 0.4) is 0 Å². The van der Waals surface area contributed by atoms with Gasteiger partial charge in [-0.25, -0.2) is 4.98 Å². The molecule has 0 spiro atoms. The number of carbonyl (C=O) groups is 1. The van der Waals surface area contributed by atoms with Crippen LogP contribution in [0.1, 0.15) is 16.8 Å². The number of nitrogens with one attached hydrogen (secondary N) is 2. The molecule has 0 saturated carbocycles. The van der Waals surface area contributed by atoms with Crippen molar-refractivity contribution in [2.45, 2.75) is 25.6 Å². The van der Waals surface area contributed by atoms with Crippen molar-refractivity contribution in [2.75, 3.05) is 31.6 Å². The van der Waals surface area contributed by atoms with Crippen LogP contribution in [-0.2, 0) is 29.0 Å². The lowest BCUT2D eigenvalue weighted by Gasteiger charge is -2.25. The Balaban J connectivity index is 0.00000131. The first-order valence-corrected chi connectivity index (χ1v) is 9.51. The first-order valence-electron chi connectivity index (χ1n) is 8.63. The van der Waals surface area contributed by atoms with Gasteiger partial charge >= 0.3 is 0 Å². The number of anilines is 1. The molecular weight excluding hydrogens is 407 g/mol. The van der Waals surface area contributed by atoms with E-state index in [0.29, 0.717) is 11.6 Å². The van der Waals surface area contributed by atoms with Gasteiger partial charge in [-0.3, -0.25) is 9.69 Å². The molecule has 1 atom stereocenters. The molecule has 0 bridgehead atoms. The molecule has 0 aliphatic carbocycles. The smallest absolute Gasteiger partial charge is 0.243 e. The Morgan fingerprint density at radius 1 is 1.26 bits per heavy atom. The standard InChI is InChI=1S/C18H22N4O2S.2ClH/c23-17(16-9-13-3-1-2-4-14(13)10-19-16)21-18-20-15(12-25-18)11-22-5-7-24-8-6-22;;/h1-4,12,16,19H,5-11H2,(H,20,21,23);2*1H. The van der Waals surface area contributed by atoms with E-state index < -0.39 is 0 Å². The van der Waals surface area contributed by atoms with Gasteiger partial charge in [0.15, 0.2) is 5.13 Å². The van der Waals surface area contributed by atoms with E-state index >= 15 is 0 Å². The number of carbonyl (C=O) groups excluding carboxylic acids is 1. The molecule has 0 radical (unpaired) electrons. The normalized spacial score (nSPS) is 19.3. The first-order chi connectivity index (χ1) is 12.3. The van der Waals surface area contributed by atoms with Crippen molar-refractivity contribution in [3.8, 4) is 0 Å². The topological polar surface area (TPSA) is 66.5 Å². The number of amides is 1. The van der Waals surface area contributed by atoms with Gasteiger partial charge in [0.25, 0.3) is 0 Å². The highest BCUT2D eigenvalue weighted by molar-refractivity contribution is 7.13. The lowest BCUT2D eigenvalue weighted by atomic mass is 9.95. The van der Waals surface area contributed by atoms with E-state index in [2.05, 4.69) is 32.7 Å². The van der Waals surface area contributed by atoms with Gasteiger partial charge in [0.1, 0.15) is 0 Å². The molecular formula is C18H24Cl2N4O2S. The van der Waals surface area contributed by atoms with Crippen molar-refractivity contribution in [1.82, 2.24) is 15.2 Å². The van der Waals surface area contributed by atoms with Gasteiger partial charge in [0, 0.05) is 31.6 Å². The van der Waals surface area contributed by atoms with E-state index in [-0.39, 0.29) is 36.8 Å². The van der Waals surface area contributed by atoms with E-state index in [9.17, 15) is 4.79 Å². The van der Waals surface area contributed by atoms with Gasteiger partial charge in [0.05, 0.1) is 24.9 Å². The van der Waals surface area contributed by atoms with E-state index in [0.717, 1.165) is 45.1 Å². The van der Waals surface area contributed by atoms with Gasteiger partial charge in [0.2, 0.25) is 5.91 Å². The summed E-state index contributed by atoms with van der Waals surface area (Å²) in [5.41, 5.74) is 3.52. The molecule has 1 saturated heterocycles. The average molecular weight is 431 g/mol. The zero-order chi connectivity index (χ0) is 17.1. The Labute approximate surface area is 175 Å². The van der Waals surface area contributed by atoms with E-state index in [1.165, 1.54) is 22.5 Å². The summed E-state index contributed by atoms with van der Waals surface area (Å²) in [6.45, 7) is 4.97. The van der Waals surface area contributed by atoms with Crippen LogP contribution in [0.2, 0.25) is 0 Å². The average Bonchev–Trinajstić information content (AvgIpc) is 3.09. The van der Waals surface area contributed by atoms with Crippen molar-refractivity contribution >= 4 is 47.2 Å². The number of halogens is 2. The summed E-state index contributed by atoms with van der Waals surface area (Å²) in [6.07, 6.45) is 0.716. The number of fused-ring (bicyclic) bond motifs is 1. The second-order valence-electron chi connectivity index (χ2n) is 6.43. The number of aromatic nitrogens is 1. The summed E-state index contributed by atoms with van der Waals surface area (Å²) < 4.78 is 5.36. The Kier molecular flexibility index (Phi) is 8.47. The highest BCUT2D eigenvalue weighted by atomic mass is 35.5. The summed E-state index contributed by atoms with van der Waals surface area (Å²) >= 11 is 1.49. The van der Waals surface area contributed by atoms with Gasteiger partial charge in [-0.05, 0) is 17.5 Å². The monoisotopic (exact) mass is 430 g/mol. The molecule has 1 fully saturated rings. The van der Waals surface area contributed by atoms with Crippen molar-refractivity contribution in [1.29, 1.82) is 0 Å². The molecule has 2 aliphatic heterocycles. The van der Waals surface area contributed by atoms with Gasteiger partial charge in [-0.15, -0.1) is 36.2 Å². The van der Waals surface area contributed by atoms with Crippen LogP contribution in [0.5, 0.6) is 0 Å². The summed E-state index contributed by atoms with van der Waals surface area (Å²) in [4.78, 5) is 19.4. The van der Waals surface area contributed by atoms with Crippen LogP contribution in [0.25, 0.3) is 0 Å². The maximum Gasteiger partial charge on any atom is 0.243 e. The molecule has 2 aromatic rings. The highest BCUT2D eigenvalue weighted by Gasteiger charge is 2.24. The summed E-state index contributed by atoms with van der Waals surface area (Å²) in [7, 11) is 0.